The number of aliphatic hydroxyl groups is 6. The summed E-state index contributed by atoms with van der Waals surface area (Å²) in [7, 11) is 0. The van der Waals surface area contributed by atoms with Gasteiger partial charge in [-0.05, 0) is 59.7 Å². The van der Waals surface area contributed by atoms with Crippen LogP contribution >= 0.6 is 23.4 Å². The summed E-state index contributed by atoms with van der Waals surface area (Å²) in [6.45, 7) is -1.43. The van der Waals surface area contributed by atoms with E-state index in [9.17, 15) is 37.7 Å². The van der Waals surface area contributed by atoms with E-state index in [-0.39, 0.29) is 45.8 Å². The number of rotatable bonds is 11. The first kappa shape index (κ1) is 33.7. The number of nitrogens with zero attached hydrogens (tertiary/aromatic N) is 1. The zero-order valence-electron chi connectivity index (χ0n) is 22.6. The number of halogens is 5. The number of hydrogen-bond donors (Lipinski definition) is 7. The molecular weight excluding hydrogens is 632 g/mol. The third kappa shape index (κ3) is 7.53. The Bertz CT molecular complexity index is 1640. The molecule has 0 bridgehead atoms. The first-order chi connectivity index (χ1) is 20.5. The van der Waals surface area contributed by atoms with Crippen LogP contribution in [0.1, 0.15) is 38.8 Å². The molecule has 236 valence electrons. The van der Waals surface area contributed by atoms with Gasteiger partial charge in [0.15, 0.2) is 0 Å². The summed E-state index contributed by atoms with van der Waals surface area (Å²) in [6, 6.07) is 14.1. The summed E-state index contributed by atoms with van der Waals surface area (Å²) in [5, 5.41) is 56.1. The maximum Gasteiger partial charge on any atom is 0.416 e. The van der Waals surface area contributed by atoms with Gasteiger partial charge in [0.2, 0.25) is 0 Å². The highest BCUT2D eigenvalue weighted by Gasteiger charge is 2.47. The Morgan fingerprint density at radius 3 is 2.23 bits per heavy atom. The zero-order valence-corrected chi connectivity index (χ0v) is 24.2. The molecule has 4 aromatic rings. The number of benzene rings is 3. The molecule has 0 saturated heterocycles. The minimum absolute atomic E-state index is 0.0509. The lowest BCUT2D eigenvalue weighted by atomic mass is 10.0. The molecule has 1 aromatic heterocycles. The van der Waals surface area contributed by atoms with Crippen molar-refractivity contribution < 1.29 is 53.0 Å². The second kappa shape index (κ2) is 13.0. The lowest BCUT2D eigenvalue weighted by Crippen LogP contribution is -2.51. The molecule has 0 aliphatic carbocycles. The Kier molecular flexibility index (Phi) is 9.97. The minimum atomic E-state index is -4.66. The topological polar surface area (TPSA) is 155 Å². The Labute approximate surface area is 256 Å². The van der Waals surface area contributed by atoms with E-state index in [2.05, 4.69) is 5.32 Å². The Hall–Kier alpha value is -3.21. The van der Waals surface area contributed by atoms with Gasteiger partial charge in [0.25, 0.3) is 5.91 Å². The molecule has 4 rings (SSSR count). The van der Waals surface area contributed by atoms with Crippen molar-refractivity contribution in [2.45, 2.75) is 41.2 Å². The number of amides is 1. The van der Waals surface area contributed by atoms with Crippen LogP contribution < -0.4 is 5.32 Å². The first-order valence-corrected chi connectivity index (χ1v) is 14.1. The maximum absolute atomic E-state index is 13.7. The van der Waals surface area contributed by atoms with Gasteiger partial charge >= 0.3 is 17.3 Å². The molecule has 9 nitrogen and oxygen atoms in total. The van der Waals surface area contributed by atoms with Gasteiger partial charge in [0, 0.05) is 38.5 Å². The number of fused-ring (bicyclic) bond motifs is 1. The largest absolute Gasteiger partial charge is 0.416 e. The van der Waals surface area contributed by atoms with Gasteiger partial charge in [-0.15, -0.1) is 0 Å². The van der Waals surface area contributed by atoms with Crippen molar-refractivity contribution >= 4 is 40.2 Å². The van der Waals surface area contributed by atoms with Gasteiger partial charge in [0.05, 0.1) is 24.8 Å². The number of carbonyl (C=O) groups is 1. The Morgan fingerprint density at radius 1 is 0.955 bits per heavy atom. The van der Waals surface area contributed by atoms with Crippen LogP contribution in [0.3, 0.4) is 0 Å². The number of carbonyl (C=O) groups excluding carboxylic acids is 1. The van der Waals surface area contributed by atoms with Crippen molar-refractivity contribution in [3.8, 4) is 0 Å². The predicted octanol–water partition coefficient (Wildman–Crippen LogP) is 3.70. The fourth-order valence-electron chi connectivity index (χ4n) is 4.60. The van der Waals surface area contributed by atoms with Crippen LogP contribution in [-0.2, 0) is 19.1 Å². The van der Waals surface area contributed by atoms with E-state index in [4.69, 9.17) is 26.9 Å². The highest BCUT2D eigenvalue weighted by molar-refractivity contribution is 8.00. The fraction of sp³-hybridized carbons (Fsp3) is 0.276. The SMILES string of the molecule is O=C(NC(CO)c1ccc(SC(O)(O)C(O)(O)O)cc1)c1ccc2c(c1)cc(Cc1ccc(Cl)cc1C(F)(F)F)n2CCF. The highest BCUT2D eigenvalue weighted by atomic mass is 35.5. The fourth-order valence-corrected chi connectivity index (χ4v) is 5.51. The van der Waals surface area contributed by atoms with Crippen molar-refractivity contribution in [3.05, 3.63) is 99.7 Å². The summed E-state index contributed by atoms with van der Waals surface area (Å²) in [5.41, 5.74) is 0.500. The third-order valence-electron chi connectivity index (χ3n) is 6.77. The number of thioether (sulfide) groups is 1. The number of alkyl halides is 4. The van der Waals surface area contributed by atoms with Crippen molar-refractivity contribution in [1.29, 1.82) is 0 Å². The average molecular weight is 659 g/mol. The molecule has 0 spiro atoms. The summed E-state index contributed by atoms with van der Waals surface area (Å²) < 4.78 is 56.0. The monoisotopic (exact) mass is 658 g/mol. The third-order valence-corrected chi connectivity index (χ3v) is 8.08. The van der Waals surface area contributed by atoms with Gasteiger partial charge in [-0.2, -0.15) is 13.2 Å². The Morgan fingerprint density at radius 2 is 1.64 bits per heavy atom. The van der Waals surface area contributed by atoms with Gasteiger partial charge in [-0.1, -0.05) is 41.6 Å². The normalized spacial score (nSPS) is 13.3. The molecule has 7 N–H and O–H groups in total. The molecule has 44 heavy (non-hydrogen) atoms. The summed E-state index contributed by atoms with van der Waals surface area (Å²) in [6.07, 6.45) is -4.83. The smallest absolute Gasteiger partial charge is 0.394 e. The highest BCUT2D eigenvalue weighted by Crippen LogP contribution is 2.36. The van der Waals surface area contributed by atoms with Gasteiger partial charge in [-0.3, -0.25) is 4.79 Å². The van der Waals surface area contributed by atoms with Crippen molar-refractivity contribution in [1.82, 2.24) is 9.88 Å². The number of aromatic nitrogens is 1. The summed E-state index contributed by atoms with van der Waals surface area (Å²) in [5.74, 6) is -4.41. The lowest BCUT2D eigenvalue weighted by molar-refractivity contribution is -0.411. The molecule has 0 aliphatic rings. The second-order valence-electron chi connectivity index (χ2n) is 9.85. The molecule has 3 aromatic carbocycles. The number of aryl methyl sites for hydroxylation is 1. The van der Waals surface area contributed by atoms with E-state index < -0.39 is 48.1 Å². The van der Waals surface area contributed by atoms with Crippen LogP contribution in [-0.4, -0.2) is 65.5 Å². The number of aliphatic hydroxyl groups excluding tert-OH is 1. The first-order valence-electron chi connectivity index (χ1n) is 12.9. The van der Waals surface area contributed by atoms with E-state index in [1.807, 2.05) is 0 Å². The van der Waals surface area contributed by atoms with Crippen molar-refractivity contribution in [2.75, 3.05) is 13.3 Å². The predicted molar refractivity (Wildman–Crippen MR) is 153 cm³/mol. The molecule has 15 heteroatoms. The number of nitrogens with one attached hydrogen (secondary N) is 1. The standard InChI is InChI=1S/C29H27ClF4N2O7S/c30-20-5-1-17(23(14-20)27(32,33)34)12-21-13-19-11-18(4-8-25(19)36(21)10-9-31)26(38)35-24(15-37)16-2-6-22(7-3-16)44-29(42,43)28(39,40)41/h1-8,11,13-14,24,37,39-43H,9-10,12,15H2,(H,35,38). The maximum atomic E-state index is 13.7. The minimum Gasteiger partial charge on any atom is -0.394 e. The molecule has 1 atom stereocenters. The molecular formula is C29H27ClF4N2O7S. The van der Waals surface area contributed by atoms with E-state index in [1.54, 1.807) is 16.7 Å². The Balaban J connectivity index is 1.57. The van der Waals surface area contributed by atoms with Crippen LogP contribution in [0.25, 0.3) is 10.9 Å². The molecule has 1 heterocycles. The van der Waals surface area contributed by atoms with Crippen molar-refractivity contribution in [3.63, 3.8) is 0 Å². The van der Waals surface area contributed by atoms with E-state index in [0.717, 1.165) is 6.07 Å². The van der Waals surface area contributed by atoms with Crippen molar-refractivity contribution in [2.24, 2.45) is 0 Å². The van der Waals surface area contributed by atoms with Gasteiger partial charge in [-0.25, -0.2) is 4.39 Å². The second-order valence-corrected chi connectivity index (χ2v) is 11.5. The van der Waals surface area contributed by atoms with Crippen LogP contribution in [0, 0.1) is 0 Å². The summed E-state index contributed by atoms with van der Waals surface area (Å²) in [4.78, 5) is 13.2. The van der Waals surface area contributed by atoms with Crippen LogP contribution in [0.5, 0.6) is 0 Å². The summed E-state index contributed by atoms with van der Waals surface area (Å²) >= 11 is 5.92. The molecule has 0 saturated carbocycles. The van der Waals surface area contributed by atoms with Crippen LogP contribution in [0.4, 0.5) is 17.6 Å². The molecule has 1 amide bonds. The van der Waals surface area contributed by atoms with Crippen LogP contribution in [0.2, 0.25) is 5.02 Å². The molecule has 0 aliphatic heterocycles. The van der Waals surface area contributed by atoms with E-state index >= 15 is 0 Å². The van der Waals surface area contributed by atoms with E-state index in [0.29, 0.717) is 22.2 Å². The van der Waals surface area contributed by atoms with E-state index in [1.165, 1.54) is 48.5 Å². The number of hydrogen-bond acceptors (Lipinski definition) is 8. The lowest BCUT2D eigenvalue weighted by Gasteiger charge is -2.28. The molecule has 0 fully saturated rings. The van der Waals surface area contributed by atoms with Gasteiger partial charge < -0.3 is 40.5 Å². The molecule has 1 unspecified atom stereocenters. The quantitative estimate of drug-likeness (QED) is 0.0731. The van der Waals surface area contributed by atoms with Crippen LogP contribution in [0.15, 0.2) is 71.6 Å². The zero-order chi connectivity index (χ0) is 32.4. The average Bonchev–Trinajstić information content (AvgIpc) is 3.28. The van der Waals surface area contributed by atoms with Gasteiger partial charge in [0.1, 0.15) is 6.67 Å². The molecule has 0 radical (unpaired) electrons.